The monoisotopic (exact) mass is 322 g/mol. The van der Waals surface area contributed by atoms with Gasteiger partial charge in [0.25, 0.3) is 0 Å². The minimum atomic E-state index is -0.264. The van der Waals surface area contributed by atoms with E-state index in [0.29, 0.717) is 11.4 Å². The van der Waals surface area contributed by atoms with Crippen LogP contribution in [0, 0.1) is 0 Å². The van der Waals surface area contributed by atoms with E-state index in [4.69, 9.17) is 0 Å². The average molecular weight is 322 g/mol. The Morgan fingerprint density at radius 1 is 1.14 bits per heavy atom. The van der Waals surface area contributed by atoms with E-state index in [0.717, 1.165) is 9.75 Å². The summed E-state index contributed by atoms with van der Waals surface area (Å²) in [7, 11) is 0. The summed E-state index contributed by atoms with van der Waals surface area (Å²) < 4.78 is 0. The Hall–Kier alpha value is -1.66. The van der Waals surface area contributed by atoms with Crippen LogP contribution in [0.25, 0.3) is 0 Å². The molecule has 21 heavy (non-hydrogen) atoms. The Morgan fingerprint density at radius 3 is 2.52 bits per heavy atom. The highest BCUT2D eigenvalue weighted by Gasteiger charge is 2.15. The maximum Gasteiger partial charge on any atom is 0.315 e. The van der Waals surface area contributed by atoms with Crippen molar-refractivity contribution in [3.05, 3.63) is 44.3 Å². The third-order valence-corrected chi connectivity index (χ3v) is 4.49. The summed E-state index contributed by atoms with van der Waals surface area (Å²) in [6.45, 7) is 6.20. The normalized spacial score (nSPS) is 11.2. The third kappa shape index (κ3) is 4.68. The molecule has 0 aliphatic rings. The zero-order valence-corrected chi connectivity index (χ0v) is 13.9. The van der Waals surface area contributed by atoms with E-state index in [2.05, 4.69) is 10.6 Å². The van der Waals surface area contributed by atoms with E-state index in [1.807, 2.05) is 50.4 Å². The quantitative estimate of drug-likeness (QED) is 0.844. The van der Waals surface area contributed by atoms with Gasteiger partial charge in [-0.25, -0.2) is 4.79 Å². The molecule has 112 valence electrons. The molecule has 0 saturated heterocycles. The van der Waals surface area contributed by atoms with Crippen molar-refractivity contribution in [3.8, 4) is 0 Å². The van der Waals surface area contributed by atoms with Crippen molar-refractivity contribution in [2.24, 2.45) is 0 Å². The van der Waals surface area contributed by atoms with Gasteiger partial charge in [0, 0.05) is 10.4 Å². The molecule has 2 N–H and O–H groups in total. The van der Waals surface area contributed by atoms with Crippen LogP contribution in [-0.4, -0.2) is 17.4 Å². The lowest BCUT2D eigenvalue weighted by Crippen LogP contribution is -2.46. The Bertz CT molecular complexity index is 624. The second-order valence-electron chi connectivity index (χ2n) is 5.63. The van der Waals surface area contributed by atoms with Crippen molar-refractivity contribution in [2.75, 3.05) is 0 Å². The van der Waals surface area contributed by atoms with Gasteiger partial charge in [-0.2, -0.15) is 0 Å². The molecule has 6 heteroatoms. The number of amides is 2. The highest BCUT2D eigenvalue weighted by Crippen LogP contribution is 2.22. The lowest BCUT2D eigenvalue weighted by atomic mass is 10.1. The molecule has 4 nitrogen and oxygen atoms in total. The minimum absolute atomic E-state index is 0.0420. The van der Waals surface area contributed by atoms with E-state index >= 15 is 0 Å². The number of carbonyl (C=O) groups excluding carboxylic acids is 2. The number of urea groups is 1. The van der Waals surface area contributed by atoms with Crippen molar-refractivity contribution in [1.82, 2.24) is 10.6 Å². The maximum absolute atomic E-state index is 12.2. The van der Waals surface area contributed by atoms with E-state index in [9.17, 15) is 9.59 Å². The molecule has 0 bridgehead atoms. The number of rotatable bonds is 4. The number of hydrogen-bond acceptors (Lipinski definition) is 4. The van der Waals surface area contributed by atoms with Crippen molar-refractivity contribution in [3.63, 3.8) is 0 Å². The summed E-state index contributed by atoms with van der Waals surface area (Å²) in [4.78, 5) is 26.2. The number of thiophene rings is 2. The standard InChI is InChI=1S/C15H18N2O2S2/c1-15(2,3)17-14(19)16-9-10-6-7-12(21-10)13(18)11-5-4-8-20-11/h4-8H,9H2,1-3H3,(H2,16,17,19). The Balaban J connectivity index is 1.92. The van der Waals surface area contributed by atoms with Gasteiger partial charge in [-0.1, -0.05) is 6.07 Å². The Morgan fingerprint density at radius 2 is 1.90 bits per heavy atom. The molecule has 0 atom stereocenters. The summed E-state index contributed by atoms with van der Waals surface area (Å²) in [5, 5.41) is 7.51. The molecule has 2 aromatic heterocycles. The third-order valence-electron chi connectivity index (χ3n) is 2.54. The van der Waals surface area contributed by atoms with E-state index in [1.54, 1.807) is 0 Å². The van der Waals surface area contributed by atoms with Crippen LogP contribution >= 0.6 is 22.7 Å². The highest BCUT2D eigenvalue weighted by atomic mass is 32.1. The number of nitrogens with one attached hydrogen (secondary N) is 2. The van der Waals surface area contributed by atoms with Gasteiger partial charge in [-0.3, -0.25) is 4.79 Å². The molecule has 0 aliphatic heterocycles. The average Bonchev–Trinajstić information content (AvgIpc) is 3.05. The zero-order chi connectivity index (χ0) is 15.5. The van der Waals surface area contributed by atoms with E-state index in [-0.39, 0.29) is 17.4 Å². The smallest absolute Gasteiger partial charge is 0.315 e. The van der Waals surface area contributed by atoms with E-state index in [1.165, 1.54) is 22.7 Å². The SMILES string of the molecule is CC(C)(C)NC(=O)NCc1ccc(C(=O)c2cccs2)s1. The van der Waals surface area contributed by atoms with Crippen LogP contribution in [-0.2, 0) is 6.54 Å². The van der Waals surface area contributed by atoms with Crippen LogP contribution < -0.4 is 10.6 Å². The first-order chi connectivity index (χ1) is 9.85. The molecule has 2 amide bonds. The van der Waals surface area contributed by atoms with Gasteiger partial charge in [0.05, 0.1) is 16.3 Å². The molecule has 0 unspecified atom stereocenters. The van der Waals surface area contributed by atoms with E-state index < -0.39 is 0 Å². The number of hydrogen-bond donors (Lipinski definition) is 2. The lowest BCUT2D eigenvalue weighted by Gasteiger charge is -2.20. The first-order valence-corrected chi connectivity index (χ1v) is 8.28. The van der Waals surface area contributed by atoms with Gasteiger partial charge in [-0.05, 0) is 44.4 Å². The Labute approximate surface area is 132 Å². The molecule has 2 rings (SSSR count). The molecular formula is C15H18N2O2S2. The highest BCUT2D eigenvalue weighted by molar-refractivity contribution is 7.16. The molecule has 0 saturated carbocycles. The molecule has 2 aromatic rings. The number of ketones is 1. The summed E-state index contributed by atoms with van der Waals surface area (Å²) >= 11 is 2.85. The molecule has 0 fully saturated rings. The molecule has 0 spiro atoms. The maximum atomic E-state index is 12.2. The minimum Gasteiger partial charge on any atom is -0.334 e. The van der Waals surface area contributed by atoms with Gasteiger partial charge in [0.2, 0.25) is 5.78 Å². The van der Waals surface area contributed by atoms with Crippen LogP contribution in [0.4, 0.5) is 4.79 Å². The second kappa shape index (κ2) is 6.41. The van der Waals surface area contributed by atoms with Gasteiger partial charge in [0.1, 0.15) is 0 Å². The largest absolute Gasteiger partial charge is 0.334 e. The van der Waals surface area contributed by atoms with Gasteiger partial charge < -0.3 is 10.6 Å². The fraction of sp³-hybridized carbons (Fsp3) is 0.333. The van der Waals surface area contributed by atoms with Crippen LogP contribution in [0.15, 0.2) is 29.6 Å². The van der Waals surface area contributed by atoms with Crippen LogP contribution in [0.1, 0.15) is 40.2 Å². The lowest BCUT2D eigenvalue weighted by molar-refractivity contribution is 0.104. The van der Waals surface area contributed by atoms with Gasteiger partial charge >= 0.3 is 6.03 Å². The summed E-state index contributed by atoms with van der Waals surface area (Å²) in [5.74, 6) is 0.0420. The predicted octanol–water partition coefficient (Wildman–Crippen LogP) is 3.64. The first-order valence-electron chi connectivity index (χ1n) is 6.58. The van der Waals surface area contributed by atoms with Crippen molar-refractivity contribution in [2.45, 2.75) is 32.9 Å². The van der Waals surface area contributed by atoms with Crippen molar-refractivity contribution >= 4 is 34.5 Å². The fourth-order valence-corrected chi connectivity index (χ4v) is 3.32. The molecule has 0 aromatic carbocycles. The zero-order valence-electron chi connectivity index (χ0n) is 12.2. The van der Waals surface area contributed by atoms with Crippen molar-refractivity contribution in [1.29, 1.82) is 0 Å². The summed E-state index contributed by atoms with van der Waals surface area (Å²) in [6.07, 6.45) is 0. The molecule has 0 radical (unpaired) electrons. The van der Waals surface area contributed by atoms with Crippen LogP contribution in [0.3, 0.4) is 0 Å². The summed E-state index contributed by atoms with van der Waals surface area (Å²) in [6, 6.07) is 7.17. The molecule has 0 aliphatic carbocycles. The topological polar surface area (TPSA) is 58.2 Å². The molecular weight excluding hydrogens is 304 g/mol. The predicted molar refractivity (Wildman–Crippen MR) is 87.2 cm³/mol. The number of carbonyl (C=O) groups is 2. The van der Waals surface area contributed by atoms with Crippen LogP contribution in [0.2, 0.25) is 0 Å². The summed E-state index contributed by atoms with van der Waals surface area (Å²) in [5.41, 5.74) is -0.264. The second-order valence-corrected chi connectivity index (χ2v) is 7.75. The van der Waals surface area contributed by atoms with Crippen molar-refractivity contribution < 1.29 is 9.59 Å². The Kier molecular flexibility index (Phi) is 4.80. The van der Waals surface area contributed by atoms with Gasteiger partial charge in [0.15, 0.2) is 0 Å². The van der Waals surface area contributed by atoms with Gasteiger partial charge in [-0.15, -0.1) is 22.7 Å². The van der Waals surface area contributed by atoms with Crippen LogP contribution in [0.5, 0.6) is 0 Å². The fourth-order valence-electron chi connectivity index (χ4n) is 1.68. The first kappa shape index (κ1) is 15.7. The molecule has 2 heterocycles.